The minimum Gasteiger partial charge on any atom is -0.381 e. The monoisotopic (exact) mass is 375 g/mol. The first kappa shape index (κ1) is 15.0. The first-order valence-corrected chi connectivity index (χ1v) is 8.01. The van der Waals surface area contributed by atoms with E-state index in [9.17, 15) is 0 Å². The second kappa shape index (κ2) is 6.83. The third-order valence-electron chi connectivity index (χ3n) is 3.30. The molecular weight excluding hydrogens is 353 g/mol. The molecule has 1 aliphatic rings. The molecule has 1 fully saturated rings. The van der Waals surface area contributed by atoms with Crippen molar-refractivity contribution in [2.24, 2.45) is 5.92 Å². The van der Waals surface area contributed by atoms with Gasteiger partial charge in [0.2, 0.25) is 0 Å². The summed E-state index contributed by atoms with van der Waals surface area (Å²) in [6, 6.07) is 0. The van der Waals surface area contributed by atoms with Gasteiger partial charge in [-0.25, -0.2) is 9.97 Å². The number of halogens is 1. The lowest BCUT2D eigenvalue weighted by Gasteiger charge is -2.22. The van der Waals surface area contributed by atoms with Crippen LogP contribution in [0, 0.1) is 9.49 Å². The Morgan fingerprint density at radius 1 is 1.42 bits per heavy atom. The number of rotatable bonds is 4. The highest BCUT2D eigenvalue weighted by molar-refractivity contribution is 14.1. The van der Waals surface area contributed by atoms with Crippen molar-refractivity contribution in [1.82, 2.24) is 9.97 Å². The van der Waals surface area contributed by atoms with Gasteiger partial charge in [-0.15, -0.1) is 0 Å². The number of anilines is 1. The van der Waals surface area contributed by atoms with E-state index in [1.54, 1.807) is 0 Å². The summed E-state index contributed by atoms with van der Waals surface area (Å²) in [5.41, 5.74) is 1.16. The van der Waals surface area contributed by atoms with Gasteiger partial charge in [-0.2, -0.15) is 0 Å². The van der Waals surface area contributed by atoms with Gasteiger partial charge >= 0.3 is 0 Å². The zero-order chi connectivity index (χ0) is 13.8. The molecule has 4 nitrogen and oxygen atoms in total. The molecule has 1 saturated heterocycles. The van der Waals surface area contributed by atoms with Crippen LogP contribution in [0.15, 0.2) is 0 Å². The van der Waals surface area contributed by atoms with E-state index < -0.39 is 0 Å². The maximum atomic E-state index is 5.56. The normalized spacial score (nSPS) is 19.7. The lowest BCUT2D eigenvalue weighted by atomic mass is 10.0. The van der Waals surface area contributed by atoms with Gasteiger partial charge in [0, 0.05) is 19.6 Å². The van der Waals surface area contributed by atoms with Crippen LogP contribution in [0.3, 0.4) is 0 Å². The molecule has 2 heterocycles. The molecule has 0 amide bonds. The molecule has 0 spiro atoms. The Kier molecular flexibility index (Phi) is 5.38. The van der Waals surface area contributed by atoms with Gasteiger partial charge in [0.15, 0.2) is 0 Å². The topological polar surface area (TPSA) is 47.0 Å². The van der Waals surface area contributed by atoms with Crippen LogP contribution in [0.4, 0.5) is 5.82 Å². The minimum absolute atomic E-state index is 0.351. The fourth-order valence-corrected chi connectivity index (χ4v) is 3.06. The summed E-state index contributed by atoms with van der Waals surface area (Å²) >= 11 is 2.34. The molecule has 106 valence electrons. The maximum absolute atomic E-state index is 5.56. The summed E-state index contributed by atoms with van der Waals surface area (Å²) in [5.74, 6) is 2.85. The molecule has 19 heavy (non-hydrogen) atoms. The highest BCUT2D eigenvalue weighted by Gasteiger charge is 2.22. The molecule has 0 aromatic carbocycles. The molecule has 0 bridgehead atoms. The standard InChI is InChI=1S/C14H22IN3O/c1-9(2)7-11-12(15)14(16-3)18-13(17-11)10-5-4-6-19-8-10/h9-10H,4-8H2,1-3H3,(H,16,17,18). The number of aromatic nitrogens is 2. The van der Waals surface area contributed by atoms with Gasteiger partial charge in [0.1, 0.15) is 11.6 Å². The summed E-state index contributed by atoms with van der Waals surface area (Å²) in [6.07, 6.45) is 3.23. The van der Waals surface area contributed by atoms with Gasteiger partial charge in [-0.3, -0.25) is 0 Å². The number of nitrogens with one attached hydrogen (secondary N) is 1. The first-order valence-electron chi connectivity index (χ1n) is 6.93. The van der Waals surface area contributed by atoms with Crippen molar-refractivity contribution >= 4 is 28.4 Å². The van der Waals surface area contributed by atoms with Gasteiger partial charge in [0.25, 0.3) is 0 Å². The van der Waals surface area contributed by atoms with E-state index in [1.165, 1.54) is 0 Å². The van der Waals surface area contributed by atoms with Crippen molar-refractivity contribution in [3.63, 3.8) is 0 Å². The Labute approximate surface area is 128 Å². The highest BCUT2D eigenvalue weighted by atomic mass is 127. The molecule has 0 aliphatic carbocycles. The molecule has 1 aromatic heterocycles. The Bertz CT molecular complexity index is 431. The Balaban J connectivity index is 2.32. The van der Waals surface area contributed by atoms with Crippen molar-refractivity contribution in [2.45, 2.75) is 39.0 Å². The summed E-state index contributed by atoms with van der Waals surface area (Å²) in [6.45, 7) is 6.07. The molecule has 5 heteroatoms. The first-order chi connectivity index (χ1) is 9.11. The summed E-state index contributed by atoms with van der Waals surface area (Å²) in [4.78, 5) is 9.48. The second-order valence-electron chi connectivity index (χ2n) is 5.45. The predicted molar refractivity (Wildman–Crippen MR) is 85.6 cm³/mol. The van der Waals surface area contributed by atoms with Crippen molar-refractivity contribution in [3.05, 3.63) is 15.1 Å². The lowest BCUT2D eigenvalue weighted by molar-refractivity contribution is 0.0780. The molecular formula is C14H22IN3O. The zero-order valence-corrected chi connectivity index (χ0v) is 14.0. The van der Waals surface area contributed by atoms with Crippen LogP contribution in [0.2, 0.25) is 0 Å². The predicted octanol–water partition coefficient (Wildman–Crippen LogP) is 3.22. The minimum atomic E-state index is 0.351. The largest absolute Gasteiger partial charge is 0.381 e. The smallest absolute Gasteiger partial charge is 0.143 e. The molecule has 1 aliphatic heterocycles. The SMILES string of the molecule is CNc1nc(C2CCCOC2)nc(CC(C)C)c1I. The molecule has 2 rings (SSSR count). The molecule has 1 atom stereocenters. The van der Waals surface area contributed by atoms with Crippen LogP contribution in [0.25, 0.3) is 0 Å². The number of hydrogen-bond acceptors (Lipinski definition) is 4. The van der Waals surface area contributed by atoms with E-state index in [4.69, 9.17) is 9.72 Å². The van der Waals surface area contributed by atoms with E-state index in [2.05, 4.69) is 46.7 Å². The number of ether oxygens (including phenoxy) is 1. The van der Waals surface area contributed by atoms with Crippen molar-refractivity contribution in [1.29, 1.82) is 0 Å². The maximum Gasteiger partial charge on any atom is 0.143 e. The van der Waals surface area contributed by atoms with Crippen LogP contribution >= 0.6 is 22.6 Å². The Morgan fingerprint density at radius 3 is 2.79 bits per heavy atom. The highest BCUT2D eigenvalue weighted by Crippen LogP contribution is 2.27. The van der Waals surface area contributed by atoms with Crippen molar-refractivity contribution < 1.29 is 4.74 Å². The Hall–Kier alpha value is -0.430. The molecule has 0 radical (unpaired) electrons. The summed E-state index contributed by atoms with van der Waals surface area (Å²) < 4.78 is 6.71. The van der Waals surface area contributed by atoms with Gasteiger partial charge in [0.05, 0.1) is 15.9 Å². The third kappa shape index (κ3) is 3.78. The fraction of sp³-hybridized carbons (Fsp3) is 0.714. The lowest BCUT2D eigenvalue weighted by Crippen LogP contribution is -2.20. The van der Waals surface area contributed by atoms with E-state index in [-0.39, 0.29) is 0 Å². The number of hydrogen-bond donors (Lipinski definition) is 1. The molecule has 1 N–H and O–H groups in total. The van der Waals surface area contributed by atoms with E-state index in [0.29, 0.717) is 11.8 Å². The molecule has 1 aromatic rings. The van der Waals surface area contributed by atoms with E-state index in [1.807, 2.05) is 7.05 Å². The fourth-order valence-electron chi connectivity index (χ4n) is 2.33. The van der Waals surface area contributed by atoms with Gasteiger partial charge in [-0.1, -0.05) is 13.8 Å². The van der Waals surface area contributed by atoms with Crippen LogP contribution in [0.5, 0.6) is 0 Å². The van der Waals surface area contributed by atoms with E-state index >= 15 is 0 Å². The quantitative estimate of drug-likeness (QED) is 0.821. The zero-order valence-electron chi connectivity index (χ0n) is 11.9. The Morgan fingerprint density at radius 2 is 2.21 bits per heavy atom. The summed E-state index contributed by atoms with van der Waals surface area (Å²) in [5, 5.41) is 3.19. The summed E-state index contributed by atoms with van der Waals surface area (Å²) in [7, 11) is 1.92. The van der Waals surface area contributed by atoms with Gasteiger partial charge in [-0.05, 0) is 47.8 Å². The molecule has 0 saturated carbocycles. The van der Waals surface area contributed by atoms with Crippen molar-refractivity contribution in [3.8, 4) is 0 Å². The van der Waals surface area contributed by atoms with Crippen LogP contribution in [-0.4, -0.2) is 30.2 Å². The van der Waals surface area contributed by atoms with Crippen LogP contribution in [0.1, 0.15) is 44.1 Å². The average Bonchev–Trinajstić information content (AvgIpc) is 2.41. The third-order valence-corrected chi connectivity index (χ3v) is 4.43. The number of nitrogens with zero attached hydrogens (tertiary/aromatic N) is 2. The van der Waals surface area contributed by atoms with E-state index in [0.717, 1.165) is 53.4 Å². The van der Waals surface area contributed by atoms with Gasteiger partial charge < -0.3 is 10.1 Å². The second-order valence-corrected chi connectivity index (χ2v) is 6.53. The van der Waals surface area contributed by atoms with Crippen LogP contribution < -0.4 is 5.32 Å². The average molecular weight is 375 g/mol. The van der Waals surface area contributed by atoms with Crippen molar-refractivity contribution in [2.75, 3.05) is 25.6 Å². The van der Waals surface area contributed by atoms with Crippen LogP contribution in [-0.2, 0) is 11.2 Å². The molecule has 1 unspecified atom stereocenters.